The molecule has 0 heterocycles. The second kappa shape index (κ2) is 26.8. The predicted molar refractivity (Wildman–Crippen MR) is 134 cm³/mol. The summed E-state index contributed by atoms with van der Waals surface area (Å²) in [6.45, 7) is 5.23. The Labute approximate surface area is 188 Å². The molecule has 0 saturated carbocycles. The highest BCUT2D eigenvalue weighted by Gasteiger charge is 2.21. The van der Waals surface area contributed by atoms with Crippen LogP contribution in [0.25, 0.3) is 0 Å². The summed E-state index contributed by atoms with van der Waals surface area (Å²) in [4.78, 5) is 0. The maximum atomic E-state index is 6.59. The average Bonchev–Trinajstić information content (AvgIpc) is 2.71. The van der Waals surface area contributed by atoms with E-state index in [2.05, 4.69) is 13.8 Å². The molecule has 0 aliphatic carbocycles. The van der Waals surface area contributed by atoms with Crippen LogP contribution in [-0.2, 0) is 0 Å². The monoisotopic (exact) mass is 436 g/mol. The third-order valence-electron chi connectivity index (χ3n) is 6.46. The summed E-state index contributed by atoms with van der Waals surface area (Å²) in [5.74, 6) is 0. The highest BCUT2D eigenvalue weighted by atomic mass is 19.0. The predicted octanol–water partition coefficient (Wildman–Crippen LogP) is 8.57. The largest absolute Gasteiger partial charge is 0.329 e. The van der Waals surface area contributed by atoms with E-state index in [1.807, 2.05) is 0 Å². The molecule has 186 valence electrons. The smallest absolute Gasteiger partial charge is 0.0278 e. The molecule has 0 atom stereocenters. The van der Waals surface area contributed by atoms with Crippen LogP contribution in [0.15, 0.2) is 0 Å². The van der Waals surface area contributed by atoms with E-state index in [0.717, 1.165) is 12.8 Å². The van der Waals surface area contributed by atoms with Crippen LogP contribution in [0.2, 0.25) is 0 Å². The summed E-state index contributed by atoms with van der Waals surface area (Å²) in [6.07, 6.45) is 30.0. The van der Waals surface area contributed by atoms with Gasteiger partial charge < -0.3 is 11.5 Å². The van der Waals surface area contributed by atoms with Crippen LogP contribution in [0.4, 0.5) is 9.41 Å². The van der Waals surface area contributed by atoms with Gasteiger partial charge in [0.2, 0.25) is 0 Å². The molecule has 0 spiro atoms. The molecule has 0 aliphatic rings. The van der Waals surface area contributed by atoms with Crippen molar-refractivity contribution in [2.45, 2.75) is 161 Å². The molecule has 0 aliphatic heterocycles. The molecular weight excluding hydrogens is 378 g/mol. The molecule has 0 aromatic heterocycles. The van der Waals surface area contributed by atoms with Crippen molar-refractivity contribution in [1.29, 1.82) is 0 Å². The minimum atomic E-state index is -0.0969. The maximum Gasteiger partial charge on any atom is 0.0278 e. The van der Waals surface area contributed by atoms with Crippen molar-refractivity contribution in [2.24, 2.45) is 11.5 Å². The third-order valence-corrected chi connectivity index (χ3v) is 6.46. The lowest BCUT2D eigenvalue weighted by molar-refractivity contribution is 0.342. The van der Waals surface area contributed by atoms with Crippen molar-refractivity contribution < 1.29 is 9.41 Å². The Morgan fingerprint density at radius 2 is 0.667 bits per heavy atom. The first-order valence-electron chi connectivity index (χ1n) is 13.2. The lowest BCUT2D eigenvalue weighted by Gasteiger charge is -2.28. The van der Waals surface area contributed by atoms with E-state index in [1.165, 1.54) is 128 Å². The SMILES string of the molecule is CCCCCCCCCCCCC(N)(CN)CCCCCCCCCCCC.F.F. The second-order valence-corrected chi connectivity index (χ2v) is 9.43. The highest BCUT2D eigenvalue weighted by molar-refractivity contribution is 4.84. The molecule has 4 heteroatoms. The second-order valence-electron chi connectivity index (χ2n) is 9.43. The molecule has 2 nitrogen and oxygen atoms in total. The first-order valence-corrected chi connectivity index (χ1v) is 13.2. The first kappa shape index (κ1) is 34.4. The molecule has 4 N–H and O–H groups in total. The number of halogens is 2. The Kier molecular flexibility index (Phi) is 30.7. The Morgan fingerprint density at radius 3 is 0.900 bits per heavy atom. The van der Waals surface area contributed by atoms with Gasteiger partial charge in [0, 0.05) is 12.1 Å². The van der Waals surface area contributed by atoms with Gasteiger partial charge in [0.25, 0.3) is 0 Å². The fourth-order valence-corrected chi connectivity index (χ4v) is 4.26. The van der Waals surface area contributed by atoms with Gasteiger partial charge in [-0.3, -0.25) is 9.41 Å². The zero-order chi connectivity index (χ0) is 20.8. The van der Waals surface area contributed by atoms with E-state index in [4.69, 9.17) is 11.5 Å². The van der Waals surface area contributed by atoms with E-state index in [1.54, 1.807) is 0 Å². The van der Waals surface area contributed by atoms with E-state index < -0.39 is 0 Å². The van der Waals surface area contributed by atoms with Gasteiger partial charge in [-0.2, -0.15) is 0 Å². The van der Waals surface area contributed by atoms with Crippen LogP contribution < -0.4 is 11.5 Å². The molecule has 0 fully saturated rings. The molecule has 0 rings (SSSR count). The summed E-state index contributed by atoms with van der Waals surface area (Å²) in [5.41, 5.74) is 12.5. The molecule has 0 aromatic rings. The van der Waals surface area contributed by atoms with E-state index >= 15 is 0 Å². The maximum absolute atomic E-state index is 6.59. The summed E-state index contributed by atoms with van der Waals surface area (Å²) in [7, 11) is 0. The van der Waals surface area contributed by atoms with Crippen LogP contribution in [0.5, 0.6) is 0 Å². The van der Waals surface area contributed by atoms with Crippen molar-refractivity contribution >= 4 is 0 Å². The fourth-order valence-electron chi connectivity index (χ4n) is 4.26. The number of nitrogens with two attached hydrogens (primary N) is 2. The molecule has 0 bridgehead atoms. The van der Waals surface area contributed by atoms with Crippen molar-refractivity contribution in [2.75, 3.05) is 6.54 Å². The van der Waals surface area contributed by atoms with Crippen molar-refractivity contribution in [3.8, 4) is 0 Å². The fraction of sp³-hybridized carbons (Fsp3) is 1.00. The van der Waals surface area contributed by atoms with Crippen LogP contribution in [0.3, 0.4) is 0 Å². The number of hydrogen-bond donors (Lipinski definition) is 2. The Hall–Kier alpha value is -0.220. The number of hydrogen-bond acceptors (Lipinski definition) is 2. The summed E-state index contributed by atoms with van der Waals surface area (Å²) in [6, 6.07) is 0. The van der Waals surface area contributed by atoms with Gasteiger partial charge in [0.05, 0.1) is 0 Å². The van der Waals surface area contributed by atoms with Crippen LogP contribution in [0, 0.1) is 0 Å². The van der Waals surface area contributed by atoms with Crippen LogP contribution in [0.1, 0.15) is 155 Å². The highest BCUT2D eigenvalue weighted by Crippen LogP contribution is 2.21. The van der Waals surface area contributed by atoms with Gasteiger partial charge in [0.15, 0.2) is 0 Å². The number of unbranched alkanes of at least 4 members (excludes halogenated alkanes) is 18. The van der Waals surface area contributed by atoms with Gasteiger partial charge in [-0.15, -0.1) is 0 Å². The van der Waals surface area contributed by atoms with Gasteiger partial charge in [-0.1, -0.05) is 142 Å². The Morgan fingerprint density at radius 1 is 0.433 bits per heavy atom. The summed E-state index contributed by atoms with van der Waals surface area (Å²) < 4.78 is 0. The zero-order valence-corrected chi connectivity index (χ0v) is 20.7. The molecule has 30 heavy (non-hydrogen) atoms. The lowest BCUT2D eigenvalue weighted by atomic mass is 9.87. The van der Waals surface area contributed by atoms with Gasteiger partial charge in [0.1, 0.15) is 0 Å². The topological polar surface area (TPSA) is 52.0 Å². The van der Waals surface area contributed by atoms with E-state index in [9.17, 15) is 0 Å². The normalized spacial score (nSPS) is 11.2. The molecule has 0 saturated heterocycles. The van der Waals surface area contributed by atoms with Crippen LogP contribution >= 0.6 is 0 Å². The van der Waals surface area contributed by atoms with Crippen molar-refractivity contribution in [3.05, 3.63) is 0 Å². The minimum absolute atomic E-state index is 0. The number of rotatable bonds is 23. The Balaban J connectivity index is -0.00000364. The van der Waals surface area contributed by atoms with E-state index in [-0.39, 0.29) is 14.9 Å². The summed E-state index contributed by atoms with van der Waals surface area (Å²) >= 11 is 0. The Bertz CT molecular complexity index is 277. The molecule has 0 unspecified atom stereocenters. The molecule has 0 aromatic carbocycles. The van der Waals surface area contributed by atoms with Crippen molar-refractivity contribution in [1.82, 2.24) is 0 Å². The standard InChI is InChI=1S/C26H56N2.2FH/c1-3-5-7-9-11-13-15-17-19-21-23-26(28,25-27)24-22-20-18-16-14-12-10-8-6-4-2;;/h3-25,27-28H2,1-2H3;2*1H. The molecule has 0 radical (unpaired) electrons. The van der Waals surface area contributed by atoms with Gasteiger partial charge in [-0.05, 0) is 12.8 Å². The first-order chi connectivity index (χ1) is 13.7. The lowest BCUT2D eigenvalue weighted by Crippen LogP contribution is -2.46. The van der Waals surface area contributed by atoms with E-state index in [0.29, 0.717) is 6.54 Å². The molecule has 0 amide bonds. The molecular formula is C26H58F2N2. The summed E-state index contributed by atoms with van der Waals surface area (Å²) in [5, 5.41) is 0. The minimum Gasteiger partial charge on any atom is -0.329 e. The van der Waals surface area contributed by atoms with Crippen molar-refractivity contribution in [3.63, 3.8) is 0 Å². The van der Waals surface area contributed by atoms with Gasteiger partial charge in [-0.25, -0.2) is 0 Å². The van der Waals surface area contributed by atoms with Crippen LogP contribution in [-0.4, -0.2) is 12.1 Å². The van der Waals surface area contributed by atoms with Gasteiger partial charge >= 0.3 is 0 Å². The zero-order valence-electron chi connectivity index (χ0n) is 20.7. The quantitative estimate of drug-likeness (QED) is 0.158. The third kappa shape index (κ3) is 24.1. The average molecular weight is 437 g/mol.